The Balaban J connectivity index is 0.000000114. The van der Waals surface area contributed by atoms with E-state index in [0.29, 0.717) is 10.1 Å². The van der Waals surface area contributed by atoms with Gasteiger partial charge in [-0.05, 0) is 194 Å². The number of benzene rings is 13. The van der Waals surface area contributed by atoms with Crippen molar-refractivity contribution in [2.75, 3.05) is 6.61 Å². The van der Waals surface area contributed by atoms with Crippen LogP contribution in [-0.4, -0.2) is 6.61 Å². The molecule has 4 aromatic heterocycles. The number of hydrogen-bond acceptors (Lipinski definition) is 3. The van der Waals surface area contributed by atoms with E-state index in [1.54, 1.807) is 12.1 Å². The van der Waals surface area contributed by atoms with Crippen molar-refractivity contribution in [2.24, 2.45) is 0 Å². The maximum absolute atomic E-state index is 13.1. The molecule has 13 aromatic carbocycles. The van der Waals surface area contributed by atoms with Gasteiger partial charge in [0.2, 0.25) is 15.2 Å². The molecule has 17 aromatic rings. The molecule has 532 valence electrons. The van der Waals surface area contributed by atoms with E-state index in [1.807, 2.05) is 66.7 Å². The second-order valence-corrected chi connectivity index (χ2v) is 36.9. The van der Waals surface area contributed by atoms with Crippen molar-refractivity contribution in [2.45, 2.75) is 93.5 Å². The third kappa shape index (κ3) is 16.3. The molecule has 1 aliphatic rings. The first-order valence-corrected chi connectivity index (χ1v) is 42.5. The van der Waals surface area contributed by atoms with E-state index in [1.165, 1.54) is 112 Å². The molecular formula is C96H84F3O3S5+5. The van der Waals surface area contributed by atoms with Crippen LogP contribution >= 0.6 is 41.9 Å². The molecule has 0 fully saturated rings. The van der Waals surface area contributed by atoms with Gasteiger partial charge in [-0.15, -0.1) is 0 Å². The molecule has 0 bridgehead atoms. The number of fused-ring (bicyclic) bond motifs is 9. The normalized spacial score (nSPS) is 12.4. The van der Waals surface area contributed by atoms with Crippen molar-refractivity contribution in [1.82, 2.24) is 0 Å². The predicted molar refractivity (Wildman–Crippen MR) is 457 cm³/mol. The smallest absolute Gasteiger partial charge is 0.416 e. The van der Waals surface area contributed by atoms with Crippen molar-refractivity contribution < 1.29 is 22.6 Å². The van der Waals surface area contributed by atoms with Gasteiger partial charge in [-0.3, -0.25) is 4.79 Å². The van der Waals surface area contributed by atoms with Gasteiger partial charge in [-0.1, -0.05) is 199 Å². The summed E-state index contributed by atoms with van der Waals surface area (Å²) in [7, 11) is -0.447. The summed E-state index contributed by atoms with van der Waals surface area (Å²) in [6.07, 6.45) is 0.473. The molecule has 0 saturated carbocycles. The first-order chi connectivity index (χ1) is 52.1. The number of unbranched alkanes of at least 4 members (excludes halogenated alkanes) is 3. The molecule has 0 saturated heterocycles. The first kappa shape index (κ1) is 73.5. The van der Waals surface area contributed by atoms with Gasteiger partial charge in [0.05, 0.1) is 22.9 Å². The van der Waals surface area contributed by atoms with Crippen LogP contribution < -0.4 is 14.9 Å². The predicted octanol–water partition coefficient (Wildman–Crippen LogP) is 29.8. The maximum Gasteiger partial charge on any atom is 0.416 e. The van der Waals surface area contributed by atoms with Gasteiger partial charge in [0.15, 0.2) is 64.2 Å². The van der Waals surface area contributed by atoms with E-state index >= 15 is 0 Å². The highest BCUT2D eigenvalue weighted by Crippen LogP contribution is 2.51. The molecule has 3 nitrogen and oxygen atoms in total. The minimum absolute atomic E-state index is 0.0350. The molecule has 0 spiro atoms. The zero-order valence-corrected chi connectivity index (χ0v) is 64.8. The monoisotopic (exact) mass is 1500 g/mol. The van der Waals surface area contributed by atoms with Crippen LogP contribution in [-0.2, 0) is 22.5 Å². The number of para-hydroxylation sites is 2. The Hall–Kier alpha value is -10.4. The Morgan fingerprint density at radius 1 is 0.364 bits per heavy atom. The molecule has 0 radical (unpaired) electrons. The minimum atomic E-state index is -4.47. The summed E-state index contributed by atoms with van der Waals surface area (Å²) in [5.41, 5.74) is 2.98. The Bertz CT molecular complexity index is 5850. The summed E-state index contributed by atoms with van der Waals surface area (Å²) in [4.78, 5) is 21.8. The zero-order valence-electron chi connectivity index (χ0n) is 60.8. The van der Waals surface area contributed by atoms with E-state index < -0.39 is 22.2 Å². The summed E-state index contributed by atoms with van der Waals surface area (Å²) < 4.78 is 58.8. The average Bonchev–Trinajstić information content (AvgIpc) is 1.47. The van der Waals surface area contributed by atoms with Crippen LogP contribution in [0.4, 0.5) is 13.2 Å². The Kier molecular flexibility index (Phi) is 22.8. The molecule has 3 unspecified atom stereocenters. The van der Waals surface area contributed by atoms with Crippen LogP contribution in [0.2, 0.25) is 0 Å². The fourth-order valence-electron chi connectivity index (χ4n) is 13.6. The van der Waals surface area contributed by atoms with E-state index in [-0.39, 0.29) is 58.5 Å². The number of alkyl halides is 3. The standard InChI is InChI=1S/C26H29OS.C20H12F3OS.C18H13OS.C18H19S.C14H11S/c1-4-5-6-11-16-27-26-19(2)17-21(18-20(26)3)28-24-14-9-7-12-22(24)23-13-8-10-15-25(23)28;21-20(22,23)13-10-11-18-16(12-13)19(24)15-8-4-5-9-17(15)25(18)14-6-2-1-3-7-14;1-2-8-14(9-3-1)20-17-12-6-4-10-15(17)19-16-11-5-7-13-18(16)20;1-18(2,3)15-8-10-16(11-9-15)19-13-12-14-6-4-5-7-17(14)19;1-2-7-13(8-3-1)15-11-10-12-6-4-5-9-14(12)15/h7-10,12-15,17-18H,4-6,11,16H2,1-3H3;1-12H;1-13H;4-13H,1-3H3;1-11H/q5*+1. The third-order valence-electron chi connectivity index (χ3n) is 18.9. The molecule has 0 aliphatic carbocycles. The van der Waals surface area contributed by atoms with Gasteiger partial charge >= 0.3 is 6.18 Å². The lowest BCUT2D eigenvalue weighted by atomic mass is 9.87. The number of thiophene rings is 3. The fourth-order valence-corrected chi connectivity index (χ4v) is 24.6. The molecule has 3 atom stereocenters. The van der Waals surface area contributed by atoms with Gasteiger partial charge in [0.1, 0.15) is 27.4 Å². The van der Waals surface area contributed by atoms with Gasteiger partial charge in [-0.2, -0.15) is 13.2 Å². The van der Waals surface area contributed by atoms with E-state index in [9.17, 15) is 18.0 Å². The lowest BCUT2D eigenvalue weighted by Crippen LogP contribution is -2.12. The van der Waals surface area contributed by atoms with Crippen LogP contribution in [0.5, 0.6) is 17.2 Å². The zero-order chi connectivity index (χ0) is 74.0. The SMILES string of the molecule is CC(C)(C)c1ccc(-[s+]2ccc3ccccc32)cc1.CCCCCCOc1c(C)cc(-[s+]2c3ccccc3c3ccccc32)cc1C.O=c1c2ccccc2[s+](-c2ccccc2)c2ccc(C(F)(F)F)cc12.c1ccc(-[s+]2ccc3ccccc32)cc1.c1ccc([S+]2c3ccccc3Oc3ccccc32)cc1. The Labute approximate surface area is 638 Å². The molecule has 18 rings (SSSR count). The van der Waals surface area contributed by atoms with Crippen LogP contribution in [0.15, 0.2) is 358 Å². The van der Waals surface area contributed by atoms with Gasteiger partial charge in [-0.25, -0.2) is 0 Å². The largest absolute Gasteiger partial charge is 0.493 e. The molecular weight excluding hydrogens is 1420 g/mol. The van der Waals surface area contributed by atoms with Crippen molar-refractivity contribution in [3.05, 3.63) is 371 Å². The summed E-state index contributed by atoms with van der Waals surface area (Å²) in [5.74, 6) is 3.02. The van der Waals surface area contributed by atoms with E-state index in [2.05, 4.69) is 283 Å². The molecule has 0 amide bonds. The molecule has 1 aliphatic heterocycles. The second kappa shape index (κ2) is 33.2. The average molecular weight is 1500 g/mol. The van der Waals surface area contributed by atoms with Crippen LogP contribution in [0.25, 0.3) is 80.1 Å². The van der Waals surface area contributed by atoms with Crippen molar-refractivity contribution in [3.8, 4) is 36.8 Å². The Morgan fingerprint density at radius 3 is 1.29 bits per heavy atom. The number of rotatable bonds is 11. The van der Waals surface area contributed by atoms with Crippen molar-refractivity contribution in [3.63, 3.8) is 0 Å². The maximum atomic E-state index is 13.1. The molecule has 0 N–H and O–H groups in total. The van der Waals surface area contributed by atoms with E-state index in [4.69, 9.17) is 9.47 Å². The van der Waals surface area contributed by atoms with Crippen LogP contribution in [0.3, 0.4) is 0 Å². The highest BCUT2D eigenvalue weighted by atomic mass is 32.2. The lowest BCUT2D eigenvalue weighted by Gasteiger charge is -2.19. The van der Waals surface area contributed by atoms with Crippen LogP contribution in [0.1, 0.15) is 75.6 Å². The molecule has 11 heteroatoms. The van der Waals surface area contributed by atoms with Gasteiger partial charge < -0.3 is 9.47 Å². The van der Waals surface area contributed by atoms with Gasteiger partial charge in [0, 0.05) is 87.7 Å². The van der Waals surface area contributed by atoms with Crippen LogP contribution in [0, 0.1) is 13.8 Å². The second-order valence-electron chi connectivity index (χ2n) is 27.3. The fraction of sp³-hybridized carbons (Fsp3) is 0.135. The first-order valence-electron chi connectivity index (χ1n) is 36.2. The summed E-state index contributed by atoms with van der Waals surface area (Å²) in [5, 5.41) is 10.7. The lowest BCUT2D eigenvalue weighted by molar-refractivity contribution is -0.137. The quantitative estimate of drug-likeness (QED) is 0.0735. The third-order valence-corrected chi connectivity index (χ3v) is 29.9. The highest BCUT2D eigenvalue weighted by Gasteiger charge is 2.39. The van der Waals surface area contributed by atoms with E-state index in [0.717, 1.165) is 52.0 Å². The number of aryl methyl sites for hydroxylation is 2. The summed E-state index contributed by atoms with van der Waals surface area (Å²) in [6, 6.07) is 112. The van der Waals surface area contributed by atoms with Gasteiger partial charge in [0.25, 0.3) is 0 Å². The topological polar surface area (TPSA) is 35.5 Å². The molecule has 5 heterocycles. The van der Waals surface area contributed by atoms with Crippen molar-refractivity contribution >= 4 is 113 Å². The minimum Gasteiger partial charge on any atom is -0.493 e. The van der Waals surface area contributed by atoms with Crippen molar-refractivity contribution in [1.29, 1.82) is 0 Å². The highest BCUT2D eigenvalue weighted by molar-refractivity contribution is 7.97. The number of halogens is 3. The Morgan fingerprint density at radius 2 is 0.776 bits per heavy atom. The molecule has 107 heavy (non-hydrogen) atoms. The number of hydrogen-bond donors (Lipinski definition) is 0. The number of ether oxygens (including phenoxy) is 2. The summed E-state index contributed by atoms with van der Waals surface area (Å²) in [6.45, 7) is 14.2. The summed E-state index contributed by atoms with van der Waals surface area (Å²) >= 11 is 0.